The van der Waals surface area contributed by atoms with Gasteiger partial charge >= 0.3 is 59.1 Å². The van der Waals surface area contributed by atoms with Crippen molar-refractivity contribution in [2.24, 2.45) is 0 Å². The number of halogens is 1. The van der Waals surface area contributed by atoms with E-state index in [2.05, 4.69) is 4.89 Å². The number of rotatable bonds is 34. The summed E-state index contributed by atoms with van der Waals surface area (Å²) in [7, 11) is 12.9. The predicted octanol–water partition coefficient (Wildman–Crippen LogP) is 3.53. The first-order chi connectivity index (χ1) is 59.4. The van der Waals surface area contributed by atoms with Crippen LogP contribution in [0.1, 0.15) is 38.1 Å². The number of alkyl halides is 1. The van der Waals surface area contributed by atoms with Crippen molar-refractivity contribution in [2.75, 3.05) is 143 Å². The molecule has 125 heavy (non-hydrogen) atoms. The van der Waals surface area contributed by atoms with E-state index in [1.165, 1.54) is 154 Å². The van der Waals surface area contributed by atoms with Gasteiger partial charge in [-0.05, 0) is 90.5 Å². The van der Waals surface area contributed by atoms with Crippen LogP contribution in [0.25, 0.3) is 44.5 Å². The number of aliphatic hydroxyl groups is 1. The summed E-state index contributed by atoms with van der Waals surface area (Å²) in [5, 5.41) is 108. The Bertz CT molecular complexity index is 4940. The van der Waals surface area contributed by atoms with Gasteiger partial charge in [0.15, 0.2) is 103 Å². The number of carbonyl (C=O) groups is 4. The van der Waals surface area contributed by atoms with Crippen LogP contribution in [0.15, 0.2) is 115 Å². The third-order valence-corrected chi connectivity index (χ3v) is 18.3. The third-order valence-electron chi connectivity index (χ3n) is 18.0. The first-order valence-electron chi connectivity index (χ1n) is 37.2. The Morgan fingerprint density at radius 1 is 0.344 bits per heavy atom. The topological polar surface area (TPSA) is 507 Å². The molecule has 6 heterocycles. The molecule has 10 N–H and O–H groups in total. The van der Waals surface area contributed by atoms with Crippen molar-refractivity contribution in [1.29, 1.82) is 0 Å². The minimum Gasteiger partial charge on any atom is -1.00 e. The van der Waals surface area contributed by atoms with Crippen LogP contribution in [0.4, 0.5) is 0 Å². The van der Waals surface area contributed by atoms with Gasteiger partial charge in [0.25, 0.3) is 6.47 Å². The summed E-state index contributed by atoms with van der Waals surface area (Å²) in [5.41, 5.74) is 4.38. The summed E-state index contributed by atoms with van der Waals surface area (Å²) in [6.45, 7) is 5.60. The number of aldehydes is 3. The van der Waals surface area contributed by atoms with Crippen LogP contribution in [0.5, 0.6) is 132 Å². The number of carbonyl (C=O) groups excluding carboxylic acids is 4. The minimum absolute atomic E-state index is 0. The fraction of sp³-hybridized carbons (Fsp3) is 0.326. The number of phenolic OH excluding ortho intramolecular Hbond substituents is 9. The molecular formula is C86H93ClNa2O36. The first-order valence-corrected chi connectivity index (χ1v) is 37.7. The molecule has 0 aromatic heterocycles. The zero-order valence-corrected chi connectivity index (χ0v) is 74.7. The summed E-state index contributed by atoms with van der Waals surface area (Å²) >= 11 is 5.27. The smallest absolute Gasteiger partial charge is 1.00 e. The molecule has 6 fully saturated rings. The van der Waals surface area contributed by atoms with E-state index in [1.807, 2.05) is 6.07 Å². The standard InChI is InChI=1S/C23H26O9.C20H22O8.C16H14O6.C15H16O6.C8H8O3.C3H5ClO.CH2O3.2Na.H/c1-25-20-4-13(24)3-18(22(20)31-11-16-9-29-16)19-5-14(27-7-15-8-28-15)6-21(26-2)23(19)32-12-17-10-30-17;1-23-17-5-11(21)3-15(19(17)27-9-13-7-25-13)16-4-12(22)6-18(24-2)20(16)28-10-14-8-26-14;1-21-13-5-9(7-17)3-11(15(13)19)12-4-10(8-18)6-14(22-2)16(12)20;1-20-12-4-8(7-16)3-10(14(12)18)11-5-9(17)6-13(21-2)15(11)19;1-11-8-4-6(5-9)2-3-7(8)10;4-1-3-2-5-3;2-1-4-3;;;/h3-6,15-17,24H,7-12H2,1-2H3;3-6,13-14,21-22H,7-10H2,1-2H3;3-8,19-20H,1-2H3;3-6,16-19H,7H2,1-2H3;2-5,10H,1H3;3H,1-2H2;1,3H;;;/q;;;;;;;2*+1;-1/p-1. The van der Waals surface area contributed by atoms with Crippen LogP contribution < -0.4 is 131 Å². The van der Waals surface area contributed by atoms with Gasteiger partial charge in [0.1, 0.15) is 111 Å². The van der Waals surface area contributed by atoms with E-state index in [0.717, 1.165) is 6.61 Å². The van der Waals surface area contributed by atoms with Gasteiger partial charge in [0, 0.05) is 91.5 Å². The molecule has 6 aliphatic rings. The van der Waals surface area contributed by atoms with Crippen molar-refractivity contribution in [1.82, 2.24) is 0 Å². The maximum Gasteiger partial charge on any atom is 1.00 e. The molecule has 9 aromatic carbocycles. The number of phenols is 9. The average Bonchev–Trinajstić information content (AvgIpc) is 1.71. The van der Waals surface area contributed by atoms with Crippen molar-refractivity contribution in [3.8, 4) is 177 Å². The third kappa shape index (κ3) is 29.2. The zero-order chi connectivity index (χ0) is 89.0. The molecular weight excluding hydrogens is 1690 g/mol. The van der Waals surface area contributed by atoms with Crippen LogP contribution in [0.2, 0.25) is 0 Å². The second-order valence-electron chi connectivity index (χ2n) is 26.6. The number of aliphatic hydroxyl groups excluding tert-OH is 1. The van der Waals surface area contributed by atoms with E-state index in [9.17, 15) is 60.3 Å². The van der Waals surface area contributed by atoms with E-state index in [1.54, 1.807) is 19.2 Å². The van der Waals surface area contributed by atoms with Gasteiger partial charge < -0.3 is 157 Å². The van der Waals surface area contributed by atoms with Gasteiger partial charge in [-0.15, -0.1) is 11.6 Å². The van der Waals surface area contributed by atoms with E-state index in [4.69, 9.17) is 121 Å². The zero-order valence-electron chi connectivity index (χ0n) is 70.9. The molecule has 0 spiro atoms. The molecule has 6 unspecified atom stereocenters. The Morgan fingerprint density at radius 2 is 0.616 bits per heavy atom. The van der Waals surface area contributed by atoms with Gasteiger partial charge in [-0.2, -0.15) is 0 Å². The average molecular weight is 1780 g/mol. The van der Waals surface area contributed by atoms with Crippen molar-refractivity contribution in [2.45, 2.75) is 43.2 Å². The number of epoxide rings is 6. The molecule has 36 nitrogen and oxygen atoms in total. The molecule has 15 rings (SSSR count). The normalized spacial score (nSPS) is 16.1. The van der Waals surface area contributed by atoms with E-state index in [-0.39, 0.29) is 212 Å². The number of benzene rings is 9. The molecule has 0 aliphatic carbocycles. The van der Waals surface area contributed by atoms with Crippen molar-refractivity contribution in [3.05, 3.63) is 138 Å². The van der Waals surface area contributed by atoms with E-state index >= 15 is 0 Å². The maximum atomic E-state index is 11.0. The van der Waals surface area contributed by atoms with Gasteiger partial charge in [-0.1, -0.05) is 0 Å². The van der Waals surface area contributed by atoms with Crippen LogP contribution in [-0.4, -0.2) is 256 Å². The molecule has 0 saturated carbocycles. The Kier molecular flexibility index (Phi) is 40.0. The van der Waals surface area contributed by atoms with Crippen LogP contribution in [-0.2, 0) is 44.7 Å². The van der Waals surface area contributed by atoms with Crippen LogP contribution in [0, 0.1) is 0 Å². The molecule has 6 aliphatic heterocycles. The molecule has 39 heteroatoms. The number of ether oxygens (including phenoxy) is 20. The molecule has 0 amide bonds. The number of aromatic hydroxyl groups is 9. The second-order valence-corrected chi connectivity index (χ2v) is 26.9. The SMILES string of the molecule is COc1cc(C=O)cc(-c2cc(C=O)cc(OC)c2O)c1O.COc1cc(C=O)ccc1O.COc1cc(O)cc(-c2cc(CO)cc(OC)c2O)c1O.COc1cc(O)cc(-c2cc(O)cc(OC)c2OCC2CO2)c1OCC1CO1.COc1cc(O)cc(-c2cc(OCC3CO3)cc(OC)c2OCC2CO2)c1OCC1CO1.ClCC1CO1.O=CO[O-].[H-].[Na+].[Na+]. The molecule has 6 saturated heterocycles. The van der Waals surface area contributed by atoms with Crippen LogP contribution >= 0.6 is 11.6 Å². The Hall–Kier alpha value is -11.2. The van der Waals surface area contributed by atoms with Crippen molar-refractivity contribution < 1.29 is 236 Å². The fourth-order valence-electron chi connectivity index (χ4n) is 11.3. The molecule has 662 valence electrons. The quantitative estimate of drug-likeness (QED) is 0.00524. The van der Waals surface area contributed by atoms with Gasteiger partial charge in [-0.3, -0.25) is 19.2 Å². The molecule has 0 bridgehead atoms. The summed E-state index contributed by atoms with van der Waals surface area (Å²) < 4.78 is 108. The minimum atomic E-state index is -0.264. The number of hydrogen-bond donors (Lipinski definition) is 10. The summed E-state index contributed by atoms with van der Waals surface area (Å²) in [6, 6.07) is 28.1. The van der Waals surface area contributed by atoms with E-state index in [0.29, 0.717) is 188 Å². The van der Waals surface area contributed by atoms with Gasteiger partial charge in [0.2, 0.25) is 0 Å². The summed E-state index contributed by atoms with van der Waals surface area (Å²) in [5.74, 6) is 4.29. The second kappa shape index (κ2) is 49.5. The number of hydrogen-bond acceptors (Lipinski definition) is 36. The van der Waals surface area contributed by atoms with Crippen molar-refractivity contribution in [3.63, 3.8) is 0 Å². The monoisotopic (exact) mass is 1780 g/mol. The fourth-order valence-corrected chi connectivity index (χ4v) is 11.4. The summed E-state index contributed by atoms with van der Waals surface area (Å²) in [4.78, 5) is 43.5. The van der Waals surface area contributed by atoms with E-state index < -0.39 is 0 Å². The predicted molar refractivity (Wildman–Crippen MR) is 435 cm³/mol. The van der Waals surface area contributed by atoms with Gasteiger partial charge in [-0.25, -0.2) is 0 Å². The molecule has 0 radical (unpaired) electrons. The van der Waals surface area contributed by atoms with Gasteiger partial charge in [0.05, 0.1) is 122 Å². The van der Waals surface area contributed by atoms with Crippen molar-refractivity contribution >= 4 is 36.9 Å². The molecule has 6 atom stereocenters. The Morgan fingerprint density at radius 3 is 0.912 bits per heavy atom. The van der Waals surface area contributed by atoms with Crippen LogP contribution in [0.3, 0.4) is 0 Å². The Balaban J connectivity index is 0.000000242. The number of methoxy groups -OCH3 is 9. The largest absolute Gasteiger partial charge is 1.00 e. The molecule has 9 aromatic rings. The first kappa shape index (κ1) is 101. The Labute approximate surface area is 767 Å². The summed E-state index contributed by atoms with van der Waals surface area (Å²) in [6.07, 6.45) is 2.54. The maximum absolute atomic E-state index is 11.0.